The third-order valence-corrected chi connectivity index (χ3v) is 5.83. The summed E-state index contributed by atoms with van der Waals surface area (Å²) in [5.74, 6) is -0.0111. The molecule has 0 aliphatic carbocycles. The maximum Gasteiger partial charge on any atom is 0.263 e. The highest BCUT2D eigenvalue weighted by Gasteiger charge is 2.16. The Kier molecular flexibility index (Phi) is 4.75. The van der Waals surface area contributed by atoms with E-state index in [1.165, 1.54) is 11.3 Å². The predicted octanol–water partition coefficient (Wildman–Crippen LogP) is 3.87. The second kappa shape index (κ2) is 6.78. The smallest absolute Gasteiger partial charge is 0.263 e. The summed E-state index contributed by atoms with van der Waals surface area (Å²) in [5, 5.41) is 10.3. The van der Waals surface area contributed by atoms with Gasteiger partial charge in [0.15, 0.2) is 0 Å². The molecule has 1 amide bonds. The van der Waals surface area contributed by atoms with Crippen LogP contribution in [0.2, 0.25) is 0 Å². The topological polar surface area (TPSA) is 53.4 Å². The van der Waals surface area contributed by atoms with Crippen molar-refractivity contribution in [2.75, 3.05) is 13.6 Å². The maximum atomic E-state index is 12.4. The molecule has 4 nitrogen and oxygen atoms in total. The average Bonchev–Trinajstić information content (AvgIpc) is 3.17. The van der Waals surface area contributed by atoms with Crippen LogP contribution in [0, 0.1) is 0 Å². The molecule has 0 radical (unpaired) electrons. The number of para-hydroxylation sites is 1. The lowest BCUT2D eigenvalue weighted by atomic mass is 10.2. The molecule has 0 aliphatic heterocycles. The predicted molar refractivity (Wildman–Crippen MR) is 96.2 cm³/mol. The summed E-state index contributed by atoms with van der Waals surface area (Å²) in [4.78, 5) is 20.4. The first-order chi connectivity index (χ1) is 11.0. The van der Waals surface area contributed by atoms with Gasteiger partial charge in [-0.2, -0.15) is 0 Å². The van der Waals surface area contributed by atoms with E-state index in [1.807, 2.05) is 30.3 Å². The van der Waals surface area contributed by atoms with Crippen LogP contribution >= 0.6 is 22.7 Å². The largest absolute Gasteiger partial charge is 0.393 e. The summed E-state index contributed by atoms with van der Waals surface area (Å²) >= 11 is 3.11. The zero-order chi connectivity index (χ0) is 16.4. The molecule has 6 heteroatoms. The highest BCUT2D eigenvalue weighted by Crippen LogP contribution is 2.34. The zero-order valence-electron chi connectivity index (χ0n) is 13.0. The van der Waals surface area contributed by atoms with E-state index in [0.29, 0.717) is 17.8 Å². The number of thiophene rings is 1. The minimum Gasteiger partial charge on any atom is -0.393 e. The number of aliphatic hydroxyl groups is 1. The molecule has 0 fully saturated rings. The van der Waals surface area contributed by atoms with Crippen LogP contribution in [0.5, 0.6) is 0 Å². The average molecular weight is 346 g/mol. The van der Waals surface area contributed by atoms with Crippen molar-refractivity contribution in [2.45, 2.75) is 19.4 Å². The van der Waals surface area contributed by atoms with Gasteiger partial charge < -0.3 is 10.0 Å². The Balaban J connectivity index is 1.78. The highest BCUT2D eigenvalue weighted by molar-refractivity contribution is 7.26. The first-order valence-corrected chi connectivity index (χ1v) is 9.07. The van der Waals surface area contributed by atoms with Gasteiger partial charge in [-0.15, -0.1) is 22.7 Å². The summed E-state index contributed by atoms with van der Waals surface area (Å²) in [6.07, 6.45) is 0.185. The van der Waals surface area contributed by atoms with Crippen molar-refractivity contribution in [3.05, 3.63) is 41.3 Å². The normalized spacial score (nSPS) is 12.5. The second-order valence-corrected chi connectivity index (χ2v) is 7.63. The lowest BCUT2D eigenvalue weighted by Gasteiger charge is -2.16. The quantitative estimate of drug-likeness (QED) is 0.763. The van der Waals surface area contributed by atoms with Gasteiger partial charge in [0.2, 0.25) is 0 Å². The number of hydrogen-bond donors (Lipinski definition) is 1. The van der Waals surface area contributed by atoms with Gasteiger partial charge in [0.25, 0.3) is 5.91 Å². The van der Waals surface area contributed by atoms with Crippen LogP contribution in [0.15, 0.2) is 36.4 Å². The number of thiazole rings is 1. The molecule has 2 heterocycles. The van der Waals surface area contributed by atoms with Gasteiger partial charge in [0.05, 0.1) is 26.1 Å². The van der Waals surface area contributed by atoms with Crippen molar-refractivity contribution < 1.29 is 9.90 Å². The van der Waals surface area contributed by atoms with Crippen molar-refractivity contribution in [1.29, 1.82) is 0 Å². The molecule has 0 saturated carbocycles. The molecule has 2 aromatic heterocycles. The Morgan fingerprint density at radius 1 is 1.26 bits per heavy atom. The van der Waals surface area contributed by atoms with Crippen LogP contribution in [-0.4, -0.2) is 40.6 Å². The summed E-state index contributed by atoms with van der Waals surface area (Å²) in [5.41, 5.74) is 0.989. The molecule has 120 valence electrons. The van der Waals surface area contributed by atoms with Crippen LogP contribution in [0.4, 0.5) is 0 Å². The number of nitrogens with zero attached hydrogens (tertiary/aromatic N) is 2. The van der Waals surface area contributed by atoms with E-state index in [0.717, 1.165) is 20.1 Å². The van der Waals surface area contributed by atoms with E-state index in [2.05, 4.69) is 11.1 Å². The maximum absolute atomic E-state index is 12.4. The van der Waals surface area contributed by atoms with Crippen LogP contribution in [0.3, 0.4) is 0 Å². The third-order valence-electron chi connectivity index (χ3n) is 3.55. The minimum atomic E-state index is -0.396. The molecule has 1 aromatic carbocycles. The summed E-state index contributed by atoms with van der Waals surface area (Å²) in [6.45, 7) is 2.28. The number of carbonyl (C=O) groups is 1. The second-order valence-electron chi connectivity index (χ2n) is 5.52. The Morgan fingerprint density at radius 3 is 2.78 bits per heavy atom. The van der Waals surface area contributed by atoms with Crippen molar-refractivity contribution in [3.63, 3.8) is 0 Å². The monoisotopic (exact) mass is 346 g/mol. The lowest BCUT2D eigenvalue weighted by Crippen LogP contribution is -2.28. The fourth-order valence-electron chi connectivity index (χ4n) is 2.22. The number of aliphatic hydroxyl groups excluding tert-OH is 1. The minimum absolute atomic E-state index is 0.0111. The van der Waals surface area contributed by atoms with Gasteiger partial charge in [0.1, 0.15) is 5.01 Å². The molecular weight excluding hydrogens is 328 g/mol. The van der Waals surface area contributed by atoms with Gasteiger partial charge >= 0.3 is 0 Å². The Morgan fingerprint density at radius 2 is 2.04 bits per heavy atom. The Labute approximate surface area is 143 Å². The van der Waals surface area contributed by atoms with Gasteiger partial charge in [-0.3, -0.25) is 4.79 Å². The van der Waals surface area contributed by atoms with E-state index in [1.54, 1.807) is 30.2 Å². The van der Waals surface area contributed by atoms with Gasteiger partial charge in [-0.05, 0) is 37.6 Å². The summed E-state index contributed by atoms with van der Waals surface area (Å²) in [7, 11) is 1.77. The molecule has 1 N–H and O–H groups in total. The molecule has 0 saturated heterocycles. The van der Waals surface area contributed by atoms with Crippen LogP contribution in [-0.2, 0) is 0 Å². The van der Waals surface area contributed by atoms with Crippen molar-refractivity contribution >= 4 is 38.8 Å². The first kappa shape index (κ1) is 16.1. The molecule has 3 aromatic rings. The molecule has 1 unspecified atom stereocenters. The molecule has 0 aliphatic rings. The number of benzene rings is 1. The molecule has 23 heavy (non-hydrogen) atoms. The molecule has 3 rings (SSSR count). The van der Waals surface area contributed by atoms with E-state index in [9.17, 15) is 9.90 Å². The first-order valence-electron chi connectivity index (χ1n) is 7.44. The summed E-state index contributed by atoms with van der Waals surface area (Å²) in [6, 6.07) is 11.8. The van der Waals surface area contributed by atoms with Crippen molar-refractivity contribution in [2.24, 2.45) is 0 Å². The highest BCUT2D eigenvalue weighted by atomic mass is 32.1. The fraction of sp³-hybridized carbons (Fsp3) is 0.294. The summed E-state index contributed by atoms with van der Waals surface area (Å²) < 4.78 is 1.15. The van der Waals surface area contributed by atoms with Crippen molar-refractivity contribution in [3.8, 4) is 9.88 Å². The number of amides is 1. The van der Waals surface area contributed by atoms with Gasteiger partial charge in [0, 0.05) is 13.6 Å². The molecular formula is C17H18N2O2S2. The van der Waals surface area contributed by atoms with E-state index in [4.69, 9.17) is 0 Å². The fourth-order valence-corrected chi connectivity index (χ4v) is 4.24. The molecule has 1 atom stereocenters. The third kappa shape index (κ3) is 3.60. The number of aromatic nitrogens is 1. The van der Waals surface area contributed by atoms with Crippen LogP contribution in [0.25, 0.3) is 20.1 Å². The number of carbonyl (C=O) groups excluding carboxylic acids is 1. The lowest BCUT2D eigenvalue weighted by molar-refractivity contribution is 0.0773. The standard InChI is InChI=1S/C17H18N2O2S2/c1-11(20)9-10-19(2)17(21)15-8-7-14(22-15)16-18-12-5-3-4-6-13(12)23-16/h3-8,11,20H,9-10H2,1-2H3. The number of fused-ring (bicyclic) bond motifs is 1. The Bertz CT molecular complexity index is 790. The van der Waals surface area contributed by atoms with E-state index >= 15 is 0 Å². The SMILES string of the molecule is CC(O)CCN(C)C(=O)c1ccc(-c2nc3ccccc3s2)s1. The Hall–Kier alpha value is -1.76. The zero-order valence-corrected chi connectivity index (χ0v) is 14.7. The van der Waals surface area contributed by atoms with Crippen LogP contribution < -0.4 is 0 Å². The van der Waals surface area contributed by atoms with Gasteiger partial charge in [-0.1, -0.05) is 12.1 Å². The molecule has 0 bridgehead atoms. The van der Waals surface area contributed by atoms with Crippen molar-refractivity contribution in [1.82, 2.24) is 9.88 Å². The molecule has 0 spiro atoms. The van der Waals surface area contributed by atoms with E-state index < -0.39 is 6.10 Å². The van der Waals surface area contributed by atoms with E-state index in [-0.39, 0.29) is 5.91 Å². The number of hydrogen-bond acceptors (Lipinski definition) is 5. The van der Waals surface area contributed by atoms with Gasteiger partial charge in [-0.25, -0.2) is 4.98 Å². The number of rotatable bonds is 5. The van der Waals surface area contributed by atoms with Crippen LogP contribution in [0.1, 0.15) is 23.0 Å².